The van der Waals surface area contributed by atoms with Crippen LogP contribution in [0.4, 0.5) is 11.4 Å². The number of nitrogen functional groups attached to an aromatic ring is 1. The quantitative estimate of drug-likeness (QED) is 0.777. The van der Waals surface area contributed by atoms with Crippen molar-refractivity contribution in [3.05, 3.63) is 22.7 Å². The third kappa shape index (κ3) is 3.26. The zero-order valence-electron chi connectivity index (χ0n) is 10.9. The summed E-state index contributed by atoms with van der Waals surface area (Å²) < 4.78 is 22.3. The highest BCUT2D eigenvalue weighted by atomic mass is 35.5. The average molecular weight is 329 g/mol. The summed E-state index contributed by atoms with van der Waals surface area (Å²) in [6.07, 6.45) is 0.0350. The third-order valence-corrected chi connectivity index (χ3v) is 4.46. The molecule has 1 aromatic rings. The first-order valence-electron chi connectivity index (χ1n) is 6.02. The molecule has 1 unspecified atom stereocenters. The molecule has 1 aliphatic heterocycles. The molecule has 1 aromatic carbocycles. The number of rotatable bonds is 3. The van der Waals surface area contributed by atoms with Crippen molar-refractivity contribution in [3.63, 3.8) is 0 Å². The lowest BCUT2D eigenvalue weighted by atomic mass is 10.1. The minimum Gasteiger partial charge on any atom is -0.397 e. The van der Waals surface area contributed by atoms with Crippen LogP contribution in [0.1, 0.15) is 12.0 Å². The van der Waals surface area contributed by atoms with Gasteiger partial charge in [0.2, 0.25) is 15.9 Å². The van der Waals surface area contributed by atoms with Crippen LogP contribution in [0.3, 0.4) is 0 Å². The Kier molecular flexibility index (Phi) is 4.09. The largest absolute Gasteiger partial charge is 0.397 e. The van der Waals surface area contributed by atoms with Crippen molar-refractivity contribution < 1.29 is 13.2 Å². The highest BCUT2D eigenvalue weighted by Gasteiger charge is 2.35. The van der Waals surface area contributed by atoms with Crippen LogP contribution in [0.15, 0.2) is 12.1 Å². The number of halogens is 1. The number of benzene rings is 1. The van der Waals surface area contributed by atoms with Crippen molar-refractivity contribution >= 4 is 38.9 Å². The molecule has 4 N–H and O–H groups in total. The first-order chi connectivity index (χ1) is 9.73. The normalized spacial score (nSPS) is 18.8. The molecule has 21 heavy (non-hydrogen) atoms. The van der Waals surface area contributed by atoms with Crippen molar-refractivity contribution in [2.45, 2.75) is 6.42 Å². The number of hydrogen-bond acceptors (Lipinski definition) is 5. The summed E-state index contributed by atoms with van der Waals surface area (Å²) in [7, 11) is -3.67. The number of carbonyl (C=O) groups is 1. The summed E-state index contributed by atoms with van der Waals surface area (Å²) in [6.45, 7) is 0.133. The maximum absolute atomic E-state index is 12.1. The first-order valence-corrected chi connectivity index (χ1v) is 8.11. The molecule has 7 nitrogen and oxygen atoms in total. The third-order valence-electron chi connectivity index (χ3n) is 3.21. The van der Waals surface area contributed by atoms with Gasteiger partial charge in [-0.1, -0.05) is 11.6 Å². The minimum atomic E-state index is -3.67. The van der Waals surface area contributed by atoms with Crippen LogP contribution in [0.2, 0.25) is 5.02 Å². The number of carbonyl (C=O) groups excluding carboxylic acids is 1. The van der Waals surface area contributed by atoms with Crippen LogP contribution in [-0.4, -0.2) is 26.6 Å². The molecule has 0 bridgehead atoms. The van der Waals surface area contributed by atoms with Crippen LogP contribution >= 0.6 is 11.6 Å². The molecule has 0 radical (unpaired) electrons. The van der Waals surface area contributed by atoms with Gasteiger partial charge in [-0.2, -0.15) is 5.26 Å². The monoisotopic (exact) mass is 328 g/mol. The molecule has 0 aliphatic carbocycles. The van der Waals surface area contributed by atoms with E-state index in [0.29, 0.717) is 0 Å². The van der Waals surface area contributed by atoms with Gasteiger partial charge in [0.15, 0.2) is 0 Å². The van der Waals surface area contributed by atoms with Crippen LogP contribution in [-0.2, 0) is 14.8 Å². The smallest absolute Gasteiger partial charge is 0.227 e. The van der Waals surface area contributed by atoms with E-state index in [2.05, 4.69) is 0 Å². The lowest BCUT2D eigenvalue weighted by Crippen LogP contribution is -2.28. The maximum atomic E-state index is 12.1. The van der Waals surface area contributed by atoms with Crippen molar-refractivity contribution in [2.24, 2.45) is 11.1 Å². The van der Waals surface area contributed by atoms with E-state index in [0.717, 1.165) is 0 Å². The predicted molar refractivity (Wildman–Crippen MR) is 79.0 cm³/mol. The van der Waals surface area contributed by atoms with E-state index >= 15 is 0 Å². The van der Waals surface area contributed by atoms with Gasteiger partial charge in [0, 0.05) is 18.9 Å². The molecule has 1 amide bonds. The van der Waals surface area contributed by atoms with Crippen molar-refractivity contribution in [2.75, 3.05) is 22.9 Å². The van der Waals surface area contributed by atoms with Crippen LogP contribution in [0, 0.1) is 17.2 Å². The Balaban J connectivity index is 2.38. The molecule has 1 aliphatic rings. The second-order valence-corrected chi connectivity index (χ2v) is 6.94. The Morgan fingerprint density at radius 3 is 2.71 bits per heavy atom. The van der Waals surface area contributed by atoms with Crippen LogP contribution in [0.5, 0.6) is 0 Å². The lowest BCUT2D eigenvalue weighted by molar-refractivity contribution is -0.117. The Morgan fingerprint density at radius 1 is 1.48 bits per heavy atom. The van der Waals surface area contributed by atoms with E-state index in [9.17, 15) is 18.5 Å². The standard InChI is InChI=1S/C12H13ClN4O3S/c13-9-1-2-10(15)12(8(9)4-14)17-5-7(3-11(17)18)6-21(16,19)20/h1-2,7H,3,5-6,15H2,(H2,16,19,20). The van der Waals surface area contributed by atoms with Gasteiger partial charge in [-0.25, -0.2) is 13.6 Å². The molecular formula is C12H13ClN4O3S. The predicted octanol–water partition coefficient (Wildman–Crippen LogP) is 0.435. The van der Waals surface area contributed by atoms with Gasteiger partial charge in [-0.3, -0.25) is 4.79 Å². The molecule has 0 spiro atoms. The fourth-order valence-corrected chi connectivity index (χ4v) is 3.49. The summed E-state index contributed by atoms with van der Waals surface area (Å²) in [6, 6.07) is 4.89. The molecule has 1 saturated heterocycles. The van der Waals surface area contributed by atoms with Crippen LogP contribution < -0.4 is 15.8 Å². The van der Waals surface area contributed by atoms with Gasteiger partial charge in [0.1, 0.15) is 6.07 Å². The molecular weight excluding hydrogens is 316 g/mol. The highest BCUT2D eigenvalue weighted by molar-refractivity contribution is 7.89. The number of nitrogens with two attached hydrogens (primary N) is 2. The molecule has 1 heterocycles. The van der Waals surface area contributed by atoms with E-state index in [1.807, 2.05) is 6.07 Å². The van der Waals surface area contributed by atoms with Crippen LogP contribution in [0.25, 0.3) is 0 Å². The molecule has 112 valence electrons. The topological polar surface area (TPSA) is 130 Å². The Bertz CT molecular complexity index is 742. The number of anilines is 2. The van der Waals surface area contributed by atoms with E-state index < -0.39 is 15.9 Å². The number of sulfonamides is 1. The molecule has 1 atom stereocenters. The number of hydrogen-bond donors (Lipinski definition) is 2. The van der Waals surface area contributed by atoms with Crippen molar-refractivity contribution in [1.82, 2.24) is 0 Å². The molecule has 2 rings (SSSR count). The Hall–Kier alpha value is -1.82. The van der Waals surface area contributed by atoms with Crippen molar-refractivity contribution in [1.29, 1.82) is 5.26 Å². The van der Waals surface area contributed by atoms with E-state index in [1.165, 1.54) is 17.0 Å². The zero-order valence-corrected chi connectivity index (χ0v) is 12.5. The van der Waals surface area contributed by atoms with Gasteiger partial charge >= 0.3 is 0 Å². The second kappa shape index (κ2) is 5.52. The van der Waals surface area contributed by atoms with E-state index in [-0.39, 0.29) is 46.6 Å². The number of nitriles is 1. The summed E-state index contributed by atoms with van der Waals surface area (Å²) in [5.74, 6) is -1.04. The maximum Gasteiger partial charge on any atom is 0.227 e. The molecule has 0 aromatic heterocycles. The van der Waals surface area contributed by atoms with Gasteiger partial charge in [0.05, 0.1) is 27.7 Å². The molecule has 1 fully saturated rings. The van der Waals surface area contributed by atoms with Gasteiger partial charge < -0.3 is 10.6 Å². The minimum absolute atomic E-state index is 0.0350. The Morgan fingerprint density at radius 2 is 2.14 bits per heavy atom. The summed E-state index contributed by atoms with van der Waals surface area (Å²) >= 11 is 5.94. The summed E-state index contributed by atoms with van der Waals surface area (Å²) in [5.41, 5.74) is 6.40. The second-order valence-electron chi connectivity index (χ2n) is 4.88. The lowest BCUT2D eigenvalue weighted by Gasteiger charge is -2.20. The zero-order chi connectivity index (χ0) is 15.8. The SMILES string of the molecule is N#Cc1c(Cl)ccc(N)c1N1CC(CS(N)(=O)=O)CC1=O. The molecule has 0 saturated carbocycles. The van der Waals surface area contributed by atoms with Crippen molar-refractivity contribution in [3.8, 4) is 6.07 Å². The van der Waals surface area contributed by atoms with E-state index in [4.69, 9.17) is 22.5 Å². The average Bonchev–Trinajstić information content (AvgIpc) is 2.70. The Labute approximate surface area is 127 Å². The first kappa shape index (κ1) is 15.6. The number of primary sulfonamides is 1. The summed E-state index contributed by atoms with van der Waals surface area (Å²) in [4.78, 5) is 13.4. The number of amides is 1. The fraction of sp³-hybridized carbons (Fsp3) is 0.333. The summed E-state index contributed by atoms with van der Waals surface area (Å²) in [5, 5.41) is 14.4. The highest BCUT2D eigenvalue weighted by Crippen LogP contribution is 2.36. The van der Waals surface area contributed by atoms with Gasteiger partial charge in [-0.15, -0.1) is 0 Å². The molecule has 9 heteroatoms. The fourth-order valence-electron chi connectivity index (χ4n) is 2.42. The van der Waals surface area contributed by atoms with Gasteiger partial charge in [0.25, 0.3) is 0 Å². The number of nitrogens with zero attached hydrogens (tertiary/aromatic N) is 2. The van der Waals surface area contributed by atoms with Gasteiger partial charge in [-0.05, 0) is 12.1 Å². The van der Waals surface area contributed by atoms with E-state index in [1.54, 1.807) is 0 Å².